The number of pyridine rings is 1. The Labute approximate surface area is 191 Å². The number of hydrogen-bond donors (Lipinski definition) is 1. The Hall–Kier alpha value is -4.12. The molecule has 1 saturated carbocycles. The molecule has 0 spiro atoms. The van der Waals surface area contributed by atoms with Crippen molar-refractivity contribution in [2.75, 3.05) is 7.11 Å². The molecule has 0 bridgehead atoms. The SMILES string of the molecule is COc1ccccc1Oc1nc2c(C)cccn2c(=O)c1C=C(C#N)C(=O)NC1CCCC1. The van der Waals surface area contributed by atoms with Gasteiger partial charge in [-0.15, -0.1) is 0 Å². The highest BCUT2D eigenvalue weighted by Crippen LogP contribution is 2.32. The number of hydrogen-bond acceptors (Lipinski definition) is 6. The second kappa shape index (κ2) is 9.57. The maximum Gasteiger partial charge on any atom is 0.269 e. The summed E-state index contributed by atoms with van der Waals surface area (Å²) in [5.74, 6) is 0.286. The predicted octanol–water partition coefficient (Wildman–Crippen LogP) is 3.77. The average molecular weight is 444 g/mol. The Balaban J connectivity index is 1.84. The number of amides is 1. The van der Waals surface area contributed by atoms with Gasteiger partial charge in [-0.3, -0.25) is 14.0 Å². The average Bonchev–Trinajstić information content (AvgIpc) is 3.33. The van der Waals surface area contributed by atoms with Gasteiger partial charge in [0.05, 0.1) is 7.11 Å². The molecule has 8 nitrogen and oxygen atoms in total. The van der Waals surface area contributed by atoms with Gasteiger partial charge in [0.25, 0.3) is 11.5 Å². The third-order valence-corrected chi connectivity index (χ3v) is 5.67. The first-order valence-corrected chi connectivity index (χ1v) is 10.8. The molecule has 0 atom stereocenters. The van der Waals surface area contributed by atoms with Crippen LogP contribution in [0.5, 0.6) is 17.4 Å². The van der Waals surface area contributed by atoms with E-state index in [1.54, 1.807) is 36.5 Å². The molecule has 1 aliphatic rings. The molecule has 1 amide bonds. The van der Waals surface area contributed by atoms with E-state index in [4.69, 9.17) is 9.47 Å². The first-order valence-electron chi connectivity index (χ1n) is 10.8. The van der Waals surface area contributed by atoms with Crippen molar-refractivity contribution in [2.24, 2.45) is 0 Å². The van der Waals surface area contributed by atoms with Crippen molar-refractivity contribution in [1.82, 2.24) is 14.7 Å². The van der Waals surface area contributed by atoms with Crippen LogP contribution in [-0.4, -0.2) is 28.4 Å². The molecule has 2 aromatic heterocycles. The van der Waals surface area contributed by atoms with Gasteiger partial charge in [0, 0.05) is 12.2 Å². The van der Waals surface area contributed by atoms with Gasteiger partial charge < -0.3 is 14.8 Å². The van der Waals surface area contributed by atoms with Crippen molar-refractivity contribution in [3.8, 4) is 23.4 Å². The minimum absolute atomic E-state index is 0.00197. The number of fused-ring (bicyclic) bond motifs is 1. The third-order valence-electron chi connectivity index (χ3n) is 5.67. The smallest absolute Gasteiger partial charge is 0.269 e. The zero-order valence-corrected chi connectivity index (χ0v) is 18.5. The van der Waals surface area contributed by atoms with E-state index in [9.17, 15) is 14.9 Å². The lowest BCUT2D eigenvalue weighted by atomic mass is 10.1. The molecule has 1 fully saturated rings. The molecule has 1 aliphatic carbocycles. The van der Waals surface area contributed by atoms with E-state index in [1.165, 1.54) is 17.6 Å². The summed E-state index contributed by atoms with van der Waals surface area (Å²) in [6.07, 6.45) is 6.69. The second-order valence-corrected chi connectivity index (χ2v) is 7.90. The number of nitrogens with zero attached hydrogens (tertiary/aromatic N) is 3. The van der Waals surface area contributed by atoms with Gasteiger partial charge in [0.1, 0.15) is 22.9 Å². The Kier molecular flexibility index (Phi) is 6.41. The zero-order chi connectivity index (χ0) is 23.4. The molecular weight excluding hydrogens is 420 g/mol. The summed E-state index contributed by atoms with van der Waals surface area (Å²) in [6, 6.07) is 12.5. The summed E-state index contributed by atoms with van der Waals surface area (Å²) in [6.45, 7) is 1.83. The predicted molar refractivity (Wildman–Crippen MR) is 123 cm³/mol. The first kappa shape index (κ1) is 22.1. The van der Waals surface area contributed by atoms with Gasteiger partial charge in [-0.05, 0) is 49.6 Å². The van der Waals surface area contributed by atoms with Gasteiger partial charge in [-0.2, -0.15) is 10.2 Å². The van der Waals surface area contributed by atoms with Gasteiger partial charge >= 0.3 is 0 Å². The van der Waals surface area contributed by atoms with Crippen LogP contribution in [0.1, 0.15) is 36.8 Å². The molecule has 2 heterocycles. The van der Waals surface area contributed by atoms with Crippen LogP contribution in [0, 0.1) is 18.3 Å². The summed E-state index contributed by atoms with van der Waals surface area (Å²) in [5.41, 5.74) is 0.559. The minimum Gasteiger partial charge on any atom is -0.493 e. The monoisotopic (exact) mass is 444 g/mol. The largest absolute Gasteiger partial charge is 0.493 e. The van der Waals surface area contributed by atoms with Gasteiger partial charge in [0.15, 0.2) is 11.5 Å². The van der Waals surface area contributed by atoms with Crippen LogP contribution < -0.4 is 20.3 Å². The second-order valence-electron chi connectivity index (χ2n) is 7.90. The zero-order valence-electron chi connectivity index (χ0n) is 18.5. The number of nitriles is 1. The van der Waals surface area contributed by atoms with Crippen molar-refractivity contribution in [3.63, 3.8) is 0 Å². The highest BCUT2D eigenvalue weighted by molar-refractivity contribution is 6.02. The van der Waals surface area contributed by atoms with Crippen molar-refractivity contribution >= 4 is 17.6 Å². The van der Waals surface area contributed by atoms with E-state index in [1.807, 2.05) is 19.1 Å². The maximum absolute atomic E-state index is 13.4. The number of ether oxygens (including phenoxy) is 2. The number of carbonyl (C=O) groups is 1. The lowest BCUT2D eigenvalue weighted by Gasteiger charge is -2.14. The molecule has 1 aromatic carbocycles. The van der Waals surface area contributed by atoms with Crippen LogP contribution in [0.3, 0.4) is 0 Å². The number of para-hydroxylation sites is 2. The van der Waals surface area contributed by atoms with E-state index in [0.717, 1.165) is 31.2 Å². The van der Waals surface area contributed by atoms with Crippen LogP contribution >= 0.6 is 0 Å². The van der Waals surface area contributed by atoms with E-state index >= 15 is 0 Å². The lowest BCUT2D eigenvalue weighted by molar-refractivity contribution is -0.117. The molecule has 1 N–H and O–H groups in total. The van der Waals surface area contributed by atoms with E-state index in [0.29, 0.717) is 17.1 Å². The number of benzene rings is 1. The Bertz CT molecular complexity index is 1330. The molecule has 0 radical (unpaired) electrons. The molecule has 8 heteroatoms. The number of methoxy groups -OCH3 is 1. The fourth-order valence-corrected chi connectivity index (χ4v) is 3.93. The van der Waals surface area contributed by atoms with Gasteiger partial charge in [-0.25, -0.2) is 0 Å². The Morgan fingerprint density at radius 2 is 1.94 bits per heavy atom. The third kappa shape index (κ3) is 4.58. The van der Waals surface area contributed by atoms with Crippen molar-refractivity contribution in [1.29, 1.82) is 5.26 Å². The van der Waals surface area contributed by atoms with E-state index in [2.05, 4.69) is 10.3 Å². The highest BCUT2D eigenvalue weighted by atomic mass is 16.5. The van der Waals surface area contributed by atoms with E-state index < -0.39 is 11.5 Å². The Morgan fingerprint density at radius 1 is 1.21 bits per heavy atom. The molecule has 0 unspecified atom stereocenters. The van der Waals surface area contributed by atoms with Crippen LogP contribution in [0.25, 0.3) is 11.7 Å². The summed E-state index contributed by atoms with van der Waals surface area (Å²) in [4.78, 5) is 30.7. The summed E-state index contributed by atoms with van der Waals surface area (Å²) in [5, 5.41) is 12.6. The summed E-state index contributed by atoms with van der Waals surface area (Å²) < 4.78 is 12.7. The molecule has 3 aromatic rings. The summed E-state index contributed by atoms with van der Waals surface area (Å²) in [7, 11) is 1.51. The number of nitrogens with one attached hydrogen (secondary N) is 1. The number of aromatic nitrogens is 2. The topological polar surface area (TPSA) is 106 Å². The standard InChI is InChI=1S/C25H24N4O4/c1-16-8-7-13-29-22(16)28-24(33-21-12-6-5-11-20(21)32-2)19(25(29)31)14-17(15-26)23(30)27-18-9-3-4-10-18/h5-8,11-14,18H,3-4,9-10H2,1-2H3,(H,27,30). The van der Waals surface area contributed by atoms with Crippen molar-refractivity contribution < 1.29 is 14.3 Å². The molecule has 0 saturated heterocycles. The van der Waals surface area contributed by atoms with Crippen molar-refractivity contribution in [2.45, 2.75) is 38.6 Å². The van der Waals surface area contributed by atoms with Crippen LogP contribution in [0.4, 0.5) is 0 Å². The normalized spacial score (nSPS) is 14.2. The molecule has 4 rings (SSSR count). The summed E-state index contributed by atoms with van der Waals surface area (Å²) >= 11 is 0. The fourth-order valence-electron chi connectivity index (χ4n) is 3.93. The van der Waals surface area contributed by atoms with Crippen LogP contribution in [0.15, 0.2) is 53.0 Å². The van der Waals surface area contributed by atoms with Gasteiger partial charge in [0.2, 0.25) is 5.88 Å². The van der Waals surface area contributed by atoms with Crippen molar-refractivity contribution in [3.05, 3.63) is 69.6 Å². The fraction of sp³-hybridized carbons (Fsp3) is 0.280. The number of rotatable bonds is 6. The molecule has 168 valence electrons. The van der Waals surface area contributed by atoms with Gasteiger partial charge in [-0.1, -0.05) is 31.0 Å². The molecule has 0 aliphatic heterocycles. The maximum atomic E-state index is 13.4. The van der Waals surface area contributed by atoms with Crippen LogP contribution in [0.2, 0.25) is 0 Å². The molecular formula is C25H24N4O4. The quantitative estimate of drug-likeness (QED) is 0.458. The number of carbonyl (C=O) groups excluding carboxylic acids is 1. The first-order chi connectivity index (χ1) is 16.0. The lowest BCUT2D eigenvalue weighted by Crippen LogP contribution is -2.33. The minimum atomic E-state index is -0.513. The number of aryl methyl sites for hydroxylation is 1. The van der Waals surface area contributed by atoms with E-state index in [-0.39, 0.29) is 23.1 Å². The highest BCUT2D eigenvalue weighted by Gasteiger charge is 2.22. The molecule has 33 heavy (non-hydrogen) atoms. The Morgan fingerprint density at radius 3 is 2.64 bits per heavy atom. The van der Waals surface area contributed by atoms with Crippen LogP contribution in [-0.2, 0) is 4.79 Å².